The third-order valence-corrected chi connectivity index (χ3v) is 5.76. The molecule has 0 saturated carbocycles. The molecule has 0 aromatic heterocycles. The van der Waals surface area contributed by atoms with E-state index in [1.54, 1.807) is 6.08 Å². The van der Waals surface area contributed by atoms with Crippen molar-refractivity contribution in [3.8, 4) is 5.75 Å². The molecule has 1 fully saturated rings. The van der Waals surface area contributed by atoms with Gasteiger partial charge in [0.05, 0.1) is 7.11 Å². The molecular formula is C21H24F2O4. The maximum absolute atomic E-state index is 14.4. The Balaban J connectivity index is 1.91. The van der Waals surface area contributed by atoms with Gasteiger partial charge in [0.1, 0.15) is 17.2 Å². The smallest absolute Gasteiger partial charge is 0.189 e. The van der Waals surface area contributed by atoms with Gasteiger partial charge in [0.15, 0.2) is 24.1 Å². The molecular weight excluding hydrogens is 354 g/mol. The van der Waals surface area contributed by atoms with Crippen molar-refractivity contribution in [1.29, 1.82) is 0 Å². The summed E-state index contributed by atoms with van der Waals surface area (Å²) < 4.78 is 44.8. The highest BCUT2D eigenvalue weighted by Crippen LogP contribution is 2.47. The maximum atomic E-state index is 14.4. The van der Waals surface area contributed by atoms with Crippen LogP contribution in [0.5, 0.6) is 5.75 Å². The third kappa shape index (κ3) is 3.38. The lowest BCUT2D eigenvalue weighted by atomic mass is 9.69. The van der Waals surface area contributed by atoms with Gasteiger partial charge >= 0.3 is 0 Å². The van der Waals surface area contributed by atoms with Gasteiger partial charge in [-0.2, -0.15) is 0 Å². The van der Waals surface area contributed by atoms with Crippen LogP contribution in [0.2, 0.25) is 0 Å². The van der Waals surface area contributed by atoms with Gasteiger partial charge in [-0.3, -0.25) is 4.79 Å². The first-order chi connectivity index (χ1) is 12.8. The summed E-state index contributed by atoms with van der Waals surface area (Å²) in [7, 11) is 1.29. The molecule has 1 aromatic rings. The molecule has 1 heterocycles. The van der Waals surface area contributed by atoms with Crippen LogP contribution < -0.4 is 4.74 Å². The predicted octanol–water partition coefficient (Wildman–Crippen LogP) is 4.19. The highest BCUT2D eigenvalue weighted by atomic mass is 19.1. The Morgan fingerprint density at radius 2 is 2.11 bits per heavy atom. The van der Waals surface area contributed by atoms with Gasteiger partial charge in [-0.25, -0.2) is 8.78 Å². The standard InChI is InChI=1S/C21H24F2O4/c1-5-12(2)15-10-21(20(9-18(15)24)26-11-27-21)13(3)6-14-7-17(23)19(25-4)8-16(14)22/h5,7-9,12-13,15H,1,6,10-11H2,2-4H3/t12-,13?,15?,21+/m1/s1. The van der Waals surface area contributed by atoms with Gasteiger partial charge in [0.2, 0.25) is 0 Å². The second-order valence-electron chi connectivity index (χ2n) is 7.30. The first-order valence-corrected chi connectivity index (χ1v) is 8.99. The molecule has 0 amide bonds. The number of methoxy groups -OCH3 is 1. The lowest BCUT2D eigenvalue weighted by Crippen LogP contribution is -2.46. The summed E-state index contributed by atoms with van der Waals surface area (Å²) in [6.45, 7) is 7.65. The van der Waals surface area contributed by atoms with E-state index in [0.717, 1.165) is 12.1 Å². The molecule has 0 bridgehead atoms. The highest BCUT2D eigenvalue weighted by molar-refractivity contribution is 5.94. The number of ether oxygens (including phenoxy) is 3. The molecule has 1 aliphatic heterocycles. The molecule has 4 nitrogen and oxygen atoms in total. The normalized spacial score (nSPS) is 26.6. The molecule has 0 radical (unpaired) electrons. The van der Waals surface area contributed by atoms with Crippen LogP contribution in [0.15, 0.2) is 36.6 Å². The SMILES string of the molecule is C=C[C@@H](C)C1C[C@@]2(C(C)Cc3cc(F)c(OC)cc3F)OCOC2=CC1=O. The van der Waals surface area contributed by atoms with Crippen molar-refractivity contribution < 1.29 is 27.8 Å². The Bertz CT molecular complexity index is 789. The Hall–Kier alpha value is -2.21. The van der Waals surface area contributed by atoms with Crippen LogP contribution in [0.3, 0.4) is 0 Å². The predicted molar refractivity (Wildman–Crippen MR) is 96.1 cm³/mol. The zero-order valence-corrected chi connectivity index (χ0v) is 15.8. The fourth-order valence-corrected chi connectivity index (χ4v) is 3.95. The second-order valence-corrected chi connectivity index (χ2v) is 7.30. The fourth-order valence-electron chi connectivity index (χ4n) is 3.95. The first kappa shape index (κ1) is 19.5. The average Bonchev–Trinajstić information content (AvgIpc) is 3.06. The number of hydrogen-bond acceptors (Lipinski definition) is 4. The van der Waals surface area contributed by atoms with E-state index in [1.165, 1.54) is 13.2 Å². The number of benzene rings is 1. The molecule has 4 atom stereocenters. The van der Waals surface area contributed by atoms with Crippen LogP contribution in [0.25, 0.3) is 0 Å². The number of carbonyl (C=O) groups is 1. The lowest BCUT2D eigenvalue weighted by molar-refractivity contribution is -0.124. The Morgan fingerprint density at radius 3 is 2.78 bits per heavy atom. The van der Waals surface area contributed by atoms with Crippen molar-refractivity contribution in [2.75, 3.05) is 13.9 Å². The number of allylic oxidation sites excluding steroid dienone is 2. The summed E-state index contributed by atoms with van der Waals surface area (Å²) in [6, 6.07) is 2.20. The number of hydrogen-bond donors (Lipinski definition) is 0. The molecule has 0 N–H and O–H groups in total. The minimum atomic E-state index is -0.835. The molecule has 6 heteroatoms. The van der Waals surface area contributed by atoms with Gasteiger partial charge in [0.25, 0.3) is 0 Å². The Morgan fingerprint density at radius 1 is 1.37 bits per heavy atom. The molecule has 2 unspecified atom stereocenters. The molecule has 1 saturated heterocycles. The summed E-state index contributed by atoms with van der Waals surface area (Å²) >= 11 is 0. The van der Waals surface area contributed by atoms with Crippen LogP contribution >= 0.6 is 0 Å². The Kier molecular flexibility index (Phi) is 5.38. The molecule has 3 rings (SSSR count). The summed E-state index contributed by atoms with van der Waals surface area (Å²) in [5.74, 6) is -1.38. The lowest BCUT2D eigenvalue weighted by Gasteiger charge is -2.39. The molecule has 146 valence electrons. The minimum Gasteiger partial charge on any atom is -0.494 e. The fraction of sp³-hybridized carbons (Fsp3) is 0.476. The van der Waals surface area contributed by atoms with Crippen molar-refractivity contribution in [2.45, 2.75) is 32.3 Å². The average molecular weight is 378 g/mol. The van der Waals surface area contributed by atoms with Crippen molar-refractivity contribution in [3.05, 3.63) is 53.8 Å². The summed E-state index contributed by atoms with van der Waals surface area (Å²) in [5.41, 5.74) is -0.603. The third-order valence-electron chi connectivity index (χ3n) is 5.76. The van der Waals surface area contributed by atoms with Crippen molar-refractivity contribution in [3.63, 3.8) is 0 Å². The van der Waals surface area contributed by atoms with Gasteiger partial charge in [-0.15, -0.1) is 6.58 Å². The van der Waals surface area contributed by atoms with Gasteiger partial charge in [-0.1, -0.05) is 19.9 Å². The second kappa shape index (κ2) is 7.43. The van der Waals surface area contributed by atoms with Crippen LogP contribution in [-0.4, -0.2) is 25.3 Å². The van der Waals surface area contributed by atoms with E-state index in [-0.39, 0.29) is 48.1 Å². The zero-order valence-electron chi connectivity index (χ0n) is 15.8. The van der Waals surface area contributed by atoms with Crippen LogP contribution in [0, 0.1) is 29.4 Å². The number of carbonyl (C=O) groups excluding carboxylic acids is 1. The number of halogens is 2. The minimum absolute atomic E-state index is 0.0209. The van der Waals surface area contributed by atoms with E-state index in [1.807, 2.05) is 13.8 Å². The number of fused-ring (bicyclic) bond motifs is 1. The van der Waals surface area contributed by atoms with Crippen molar-refractivity contribution >= 4 is 5.78 Å². The van der Waals surface area contributed by atoms with Crippen molar-refractivity contribution in [2.24, 2.45) is 17.8 Å². The zero-order chi connectivity index (χ0) is 19.8. The van der Waals surface area contributed by atoms with E-state index in [2.05, 4.69) is 6.58 Å². The Labute approximate surface area is 157 Å². The summed E-state index contributed by atoms with van der Waals surface area (Å²) in [5, 5.41) is 0. The topological polar surface area (TPSA) is 44.8 Å². The van der Waals surface area contributed by atoms with Crippen LogP contribution in [0.4, 0.5) is 8.78 Å². The van der Waals surface area contributed by atoms with E-state index in [4.69, 9.17) is 14.2 Å². The van der Waals surface area contributed by atoms with Gasteiger partial charge in [0, 0.05) is 18.1 Å². The molecule has 1 aromatic carbocycles. The van der Waals surface area contributed by atoms with Gasteiger partial charge < -0.3 is 14.2 Å². The van der Waals surface area contributed by atoms with Crippen LogP contribution in [-0.2, 0) is 20.7 Å². The highest BCUT2D eigenvalue weighted by Gasteiger charge is 2.52. The van der Waals surface area contributed by atoms with E-state index >= 15 is 0 Å². The van der Waals surface area contributed by atoms with E-state index < -0.39 is 17.2 Å². The van der Waals surface area contributed by atoms with Crippen molar-refractivity contribution in [1.82, 2.24) is 0 Å². The largest absolute Gasteiger partial charge is 0.494 e. The maximum Gasteiger partial charge on any atom is 0.189 e. The molecule has 2 aliphatic rings. The first-order valence-electron chi connectivity index (χ1n) is 8.99. The number of rotatable bonds is 6. The van der Waals surface area contributed by atoms with E-state index in [9.17, 15) is 13.6 Å². The molecule has 0 spiro atoms. The van der Waals surface area contributed by atoms with Crippen LogP contribution in [0.1, 0.15) is 25.8 Å². The number of ketones is 1. The summed E-state index contributed by atoms with van der Waals surface area (Å²) in [4.78, 5) is 12.4. The quantitative estimate of drug-likeness (QED) is 0.697. The summed E-state index contributed by atoms with van der Waals surface area (Å²) in [6.07, 6.45) is 3.89. The van der Waals surface area contributed by atoms with Gasteiger partial charge in [-0.05, 0) is 36.3 Å². The molecule has 1 aliphatic carbocycles. The molecule has 27 heavy (non-hydrogen) atoms. The monoisotopic (exact) mass is 378 g/mol. The van der Waals surface area contributed by atoms with E-state index in [0.29, 0.717) is 12.2 Å².